The van der Waals surface area contributed by atoms with Crippen molar-refractivity contribution in [3.63, 3.8) is 0 Å². The minimum atomic E-state index is 0.668. The third kappa shape index (κ3) is 2.09. The molecular formula is C13H20N2. The van der Waals surface area contributed by atoms with Crippen molar-refractivity contribution in [1.82, 2.24) is 0 Å². The largest absolute Gasteiger partial charge is 0.399 e. The first-order valence-corrected chi connectivity index (χ1v) is 5.81. The van der Waals surface area contributed by atoms with Crippen molar-refractivity contribution in [2.45, 2.75) is 39.2 Å². The fraction of sp³-hybridized carbons (Fsp3) is 0.538. The molecule has 2 rings (SSSR count). The molecule has 1 aromatic carbocycles. The van der Waals surface area contributed by atoms with Gasteiger partial charge in [-0.2, -0.15) is 0 Å². The molecular weight excluding hydrogens is 184 g/mol. The minimum absolute atomic E-state index is 0.668. The molecule has 0 aliphatic carbocycles. The second kappa shape index (κ2) is 4.13. The van der Waals surface area contributed by atoms with E-state index in [0.29, 0.717) is 6.04 Å². The van der Waals surface area contributed by atoms with E-state index in [1.54, 1.807) is 0 Å². The molecule has 2 nitrogen and oxygen atoms in total. The molecule has 0 saturated carbocycles. The first-order valence-electron chi connectivity index (χ1n) is 5.81. The third-order valence-electron chi connectivity index (χ3n) is 3.33. The van der Waals surface area contributed by atoms with E-state index in [2.05, 4.69) is 30.9 Å². The first-order chi connectivity index (χ1) is 7.18. The van der Waals surface area contributed by atoms with Crippen LogP contribution in [-0.4, -0.2) is 12.6 Å². The van der Waals surface area contributed by atoms with E-state index < -0.39 is 0 Å². The molecule has 0 radical (unpaired) electrons. The monoisotopic (exact) mass is 204 g/mol. The van der Waals surface area contributed by atoms with E-state index in [-0.39, 0.29) is 0 Å². The summed E-state index contributed by atoms with van der Waals surface area (Å²) in [7, 11) is 0. The number of piperidine rings is 1. The van der Waals surface area contributed by atoms with Crippen LogP contribution < -0.4 is 10.6 Å². The van der Waals surface area contributed by atoms with E-state index in [1.807, 2.05) is 6.07 Å². The van der Waals surface area contributed by atoms with Crippen LogP contribution in [0.3, 0.4) is 0 Å². The number of aryl methyl sites for hydroxylation is 1. The summed E-state index contributed by atoms with van der Waals surface area (Å²) in [6.45, 7) is 5.65. The quantitative estimate of drug-likeness (QED) is 0.713. The molecule has 1 heterocycles. The molecule has 0 unspecified atom stereocenters. The summed E-state index contributed by atoms with van der Waals surface area (Å²) in [6.07, 6.45) is 3.99. The Hall–Kier alpha value is -1.18. The van der Waals surface area contributed by atoms with Gasteiger partial charge in [0, 0.05) is 24.0 Å². The highest BCUT2D eigenvalue weighted by molar-refractivity contribution is 5.59. The standard InChI is InChI=1S/C13H20N2/c1-10-9-12(14)6-7-13(10)15-8-4-3-5-11(15)2/h6-7,9,11H,3-5,8,14H2,1-2H3/t11-/m0/s1. The molecule has 1 aliphatic rings. The van der Waals surface area contributed by atoms with Gasteiger partial charge in [0.15, 0.2) is 0 Å². The molecule has 1 atom stereocenters. The van der Waals surface area contributed by atoms with Crippen LogP contribution in [0.4, 0.5) is 11.4 Å². The Morgan fingerprint density at radius 1 is 1.33 bits per heavy atom. The number of hydrogen-bond acceptors (Lipinski definition) is 2. The number of benzene rings is 1. The fourth-order valence-electron chi connectivity index (χ4n) is 2.46. The molecule has 0 bridgehead atoms. The second-order valence-corrected chi connectivity index (χ2v) is 4.58. The van der Waals surface area contributed by atoms with Gasteiger partial charge in [-0.1, -0.05) is 0 Å². The number of nitrogens with zero attached hydrogens (tertiary/aromatic N) is 1. The van der Waals surface area contributed by atoms with Gasteiger partial charge < -0.3 is 10.6 Å². The lowest BCUT2D eigenvalue weighted by molar-refractivity contribution is 0.484. The summed E-state index contributed by atoms with van der Waals surface area (Å²) < 4.78 is 0. The van der Waals surface area contributed by atoms with Crippen molar-refractivity contribution in [2.75, 3.05) is 17.2 Å². The van der Waals surface area contributed by atoms with Crippen molar-refractivity contribution in [3.05, 3.63) is 23.8 Å². The zero-order valence-corrected chi connectivity index (χ0v) is 9.66. The Labute approximate surface area is 92.1 Å². The van der Waals surface area contributed by atoms with Crippen molar-refractivity contribution < 1.29 is 0 Å². The molecule has 0 amide bonds. The van der Waals surface area contributed by atoms with Gasteiger partial charge in [0.1, 0.15) is 0 Å². The SMILES string of the molecule is Cc1cc(N)ccc1N1CCCC[C@@H]1C. The van der Waals surface area contributed by atoms with Gasteiger partial charge in [0.2, 0.25) is 0 Å². The minimum Gasteiger partial charge on any atom is -0.399 e. The molecule has 1 aromatic rings. The number of hydrogen-bond donors (Lipinski definition) is 1. The van der Waals surface area contributed by atoms with Gasteiger partial charge in [-0.05, 0) is 56.9 Å². The van der Waals surface area contributed by atoms with Gasteiger partial charge in [-0.15, -0.1) is 0 Å². The van der Waals surface area contributed by atoms with E-state index in [9.17, 15) is 0 Å². The molecule has 0 aromatic heterocycles. The van der Waals surface area contributed by atoms with Gasteiger partial charge in [0.05, 0.1) is 0 Å². The number of rotatable bonds is 1. The van der Waals surface area contributed by atoms with E-state index >= 15 is 0 Å². The normalized spacial score (nSPS) is 21.7. The zero-order valence-electron chi connectivity index (χ0n) is 9.66. The first kappa shape index (κ1) is 10.3. The zero-order chi connectivity index (χ0) is 10.8. The van der Waals surface area contributed by atoms with Gasteiger partial charge in [-0.25, -0.2) is 0 Å². The number of anilines is 2. The van der Waals surface area contributed by atoms with Gasteiger partial charge in [-0.3, -0.25) is 0 Å². The van der Waals surface area contributed by atoms with Crippen molar-refractivity contribution >= 4 is 11.4 Å². The predicted octanol–water partition coefficient (Wildman–Crippen LogP) is 2.96. The molecule has 15 heavy (non-hydrogen) atoms. The fourth-order valence-corrected chi connectivity index (χ4v) is 2.46. The van der Waals surface area contributed by atoms with Crippen LogP contribution in [0.25, 0.3) is 0 Å². The maximum absolute atomic E-state index is 5.77. The van der Waals surface area contributed by atoms with E-state index in [4.69, 9.17) is 5.73 Å². The van der Waals surface area contributed by atoms with Gasteiger partial charge in [0.25, 0.3) is 0 Å². The summed E-state index contributed by atoms with van der Waals surface area (Å²) in [5.41, 5.74) is 9.29. The Bertz CT molecular complexity index is 346. The molecule has 2 N–H and O–H groups in total. The highest BCUT2D eigenvalue weighted by Gasteiger charge is 2.19. The third-order valence-corrected chi connectivity index (χ3v) is 3.33. The lowest BCUT2D eigenvalue weighted by Crippen LogP contribution is -2.37. The second-order valence-electron chi connectivity index (χ2n) is 4.58. The number of nitrogens with two attached hydrogens (primary N) is 1. The van der Waals surface area contributed by atoms with Crippen molar-refractivity contribution in [2.24, 2.45) is 0 Å². The number of nitrogen functional groups attached to an aromatic ring is 1. The summed E-state index contributed by atoms with van der Waals surface area (Å²) >= 11 is 0. The van der Waals surface area contributed by atoms with E-state index in [0.717, 1.165) is 5.69 Å². The molecule has 2 heteroatoms. The van der Waals surface area contributed by atoms with Crippen LogP contribution in [0.15, 0.2) is 18.2 Å². The van der Waals surface area contributed by atoms with E-state index in [1.165, 1.54) is 37.1 Å². The summed E-state index contributed by atoms with van der Waals surface area (Å²) in [4.78, 5) is 2.51. The van der Waals surface area contributed by atoms with Crippen LogP contribution in [0.1, 0.15) is 31.7 Å². The lowest BCUT2D eigenvalue weighted by atomic mass is 10.0. The summed E-state index contributed by atoms with van der Waals surface area (Å²) in [6, 6.07) is 6.90. The Morgan fingerprint density at radius 3 is 2.80 bits per heavy atom. The maximum atomic E-state index is 5.77. The smallest absolute Gasteiger partial charge is 0.0399 e. The maximum Gasteiger partial charge on any atom is 0.0399 e. The molecule has 1 aliphatic heterocycles. The van der Waals surface area contributed by atoms with Crippen LogP contribution in [-0.2, 0) is 0 Å². The molecule has 0 spiro atoms. The van der Waals surface area contributed by atoms with Crippen molar-refractivity contribution in [3.8, 4) is 0 Å². The topological polar surface area (TPSA) is 29.3 Å². The van der Waals surface area contributed by atoms with Crippen LogP contribution in [0.5, 0.6) is 0 Å². The average molecular weight is 204 g/mol. The lowest BCUT2D eigenvalue weighted by Gasteiger charge is -2.36. The summed E-state index contributed by atoms with van der Waals surface area (Å²) in [5.74, 6) is 0. The van der Waals surface area contributed by atoms with Crippen LogP contribution in [0, 0.1) is 6.92 Å². The Morgan fingerprint density at radius 2 is 2.13 bits per heavy atom. The highest BCUT2D eigenvalue weighted by atomic mass is 15.2. The molecule has 82 valence electrons. The van der Waals surface area contributed by atoms with Crippen molar-refractivity contribution in [1.29, 1.82) is 0 Å². The predicted molar refractivity (Wildman–Crippen MR) is 66.3 cm³/mol. The van der Waals surface area contributed by atoms with Gasteiger partial charge >= 0.3 is 0 Å². The molecule has 1 fully saturated rings. The summed E-state index contributed by atoms with van der Waals surface area (Å²) in [5, 5.41) is 0. The Kier molecular flexibility index (Phi) is 2.85. The average Bonchev–Trinajstić information content (AvgIpc) is 2.20. The molecule has 1 saturated heterocycles. The Balaban J connectivity index is 2.27. The highest BCUT2D eigenvalue weighted by Crippen LogP contribution is 2.28. The van der Waals surface area contributed by atoms with Crippen LogP contribution >= 0.6 is 0 Å². The van der Waals surface area contributed by atoms with Crippen LogP contribution in [0.2, 0.25) is 0 Å².